The molecule has 4 heteroatoms. The van der Waals surface area contributed by atoms with E-state index in [1.807, 2.05) is 19.4 Å². The highest BCUT2D eigenvalue weighted by atomic mass is 16.5. The Kier molecular flexibility index (Phi) is 4.10. The fraction of sp³-hybridized carbons (Fsp3) is 0.750. The molecule has 0 amide bonds. The molecule has 0 fully saturated rings. The predicted molar refractivity (Wildman–Crippen MR) is 65.1 cm³/mol. The Balaban J connectivity index is 2.66. The zero-order valence-corrected chi connectivity index (χ0v) is 10.9. The van der Waals surface area contributed by atoms with E-state index in [1.165, 1.54) is 0 Å². The van der Waals surface area contributed by atoms with Gasteiger partial charge in [-0.3, -0.25) is 4.68 Å². The van der Waals surface area contributed by atoms with Gasteiger partial charge in [0.1, 0.15) is 0 Å². The topological polar surface area (TPSA) is 53.1 Å². The van der Waals surface area contributed by atoms with Gasteiger partial charge in [-0.15, -0.1) is 0 Å². The Bertz CT molecular complexity index is 327. The molecule has 92 valence electrons. The van der Waals surface area contributed by atoms with Crippen LogP contribution in [0.15, 0.2) is 12.4 Å². The van der Waals surface area contributed by atoms with Crippen LogP contribution in [-0.2, 0) is 18.2 Å². The zero-order valence-electron chi connectivity index (χ0n) is 10.9. The van der Waals surface area contributed by atoms with Crippen LogP contribution in [-0.4, -0.2) is 29.0 Å². The summed E-state index contributed by atoms with van der Waals surface area (Å²) in [6.07, 6.45) is 4.70. The third-order valence-corrected chi connectivity index (χ3v) is 2.73. The average Bonchev–Trinajstić information content (AvgIpc) is 2.49. The van der Waals surface area contributed by atoms with E-state index >= 15 is 0 Å². The van der Waals surface area contributed by atoms with Gasteiger partial charge in [0.25, 0.3) is 0 Å². The van der Waals surface area contributed by atoms with Crippen molar-refractivity contribution in [2.24, 2.45) is 18.2 Å². The van der Waals surface area contributed by atoms with Crippen LogP contribution in [0.4, 0.5) is 0 Å². The molecule has 16 heavy (non-hydrogen) atoms. The van der Waals surface area contributed by atoms with Crippen molar-refractivity contribution in [2.45, 2.75) is 39.3 Å². The summed E-state index contributed by atoms with van der Waals surface area (Å²) in [6.45, 7) is 6.43. The van der Waals surface area contributed by atoms with Gasteiger partial charge in [0.15, 0.2) is 0 Å². The molecular formula is C12H23N3O. The fourth-order valence-corrected chi connectivity index (χ4v) is 2.13. The molecule has 0 saturated carbocycles. The lowest BCUT2D eigenvalue weighted by Crippen LogP contribution is -2.45. The van der Waals surface area contributed by atoms with Crippen molar-refractivity contribution in [1.29, 1.82) is 0 Å². The molecule has 0 saturated heterocycles. The van der Waals surface area contributed by atoms with Crippen molar-refractivity contribution in [3.8, 4) is 0 Å². The second-order valence-electron chi connectivity index (χ2n) is 5.41. The van der Waals surface area contributed by atoms with Gasteiger partial charge in [-0.25, -0.2) is 0 Å². The van der Waals surface area contributed by atoms with Gasteiger partial charge >= 0.3 is 0 Å². The molecule has 0 aliphatic rings. The van der Waals surface area contributed by atoms with Crippen LogP contribution in [0.25, 0.3) is 0 Å². The second kappa shape index (κ2) is 4.97. The minimum atomic E-state index is -0.00537. The smallest absolute Gasteiger partial charge is 0.0773 e. The molecule has 2 unspecified atom stereocenters. The molecule has 2 atom stereocenters. The number of aromatic nitrogens is 2. The third kappa shape index (κ3) is 3.32. The molecular weight excluding hydrogens is 202 g/mol. The van der Waals surface area contributed by atoms with E-state index in [2.05, 4.69) is 25.9 Å². The molecule has 1 aromatic rings. The van der Waals surface area contributed by atoms with E-state index in [4.69, 9.17) is 10.5 Å². The highest BCUT2D eigenvalue weighted by molar-refractivity contribution is 5.07. The minimum Gasteiger partial charge on any atom is -0.379 e. The molecule has 1 aromatic heterocycles. The number of hydrogen-bond donors (Lipinski definition) is 1. The minimum absolute atomic E-state index is 0.00537. The van der Waals surface area contributed by atoms with Gasteiger partial charge in [0, 0.05) is 26.4 Å². The van der Waals surface area contributed by atoms with E-state index in [0.717, 1.165) is 12.0 Å². The Hall–Kier alpha value is -0.870. The van der Waals surface area contributed by atoms with Crippen LogP contribution < -0.4 is 5.73 Å². The van der Waals surface area contributed by atoms with E-state index in [1.54, 1.807) is 11.8 Å². The Morgan fingerprint density at radius 1 is 1.50 bits per heavy atom. The first kappa shape index (κ1) is 13.2. The number of aryl methyl sites for hydroxylation is 1. The highest BCUT2D eigenvalue weighted by Gasteiger charge is 2.30. The predicted octanol–water partition coefficient (Wildman–Crippen LogP) is 1.35. The quantitative estimate of drug-likeness (QED) is 0.841. The number of nitrogens with two attached hydrogens (primary N) is 1. The van der Waals surface area contributed by atoms with Crippen molar-refractivity contribution in [3.63, 3.8) is 0 Å². The Morgan fingerprint density at radius 2 is 2.12 bits per heavy atom. The van der Waals surface area contributed by atoms with E-state index in [-0.39, 0.29) is 17.6 Å². The van der Waals surface area contributed by atoms with Crippen molar-refractivity contribution < 1.29 is 4.74 Å². The maximum absolute atomic E-state index is 6.19. The number of ether oxygens (including phenoxy) is 1. The summed E-state index contributed by atoms with van der Waals surface area (Å²) in [6, 6.07) is -0.00537. The molecule has 0 aliphatic carbocycles. The van der Waals surface area contributed by atoms with E-state index in [9.17, 15) is 0 Å². The summed E-state index contributed by atoms with van der Waals surface area (Å²) in [5, 5.41) is 4.14. The van der Waals surface area contributed by atoms with E-state index in [0.29, 0.717) is 0 Å². The van der Waals surface area contributed by atoms with Crippen molar-refractivity contribution in [2.75, 3.05) is 7.11 Å². The Labute approximate surface area is 97.8 Å². The number of nitrogens with zero attached hydrogens (tertiary/aromatic N) is 2. The second-order valence-corrected chi connectivity index (χ2v) is 5.41. The van der Waals surface area contributed by atoms with Crippen LogP contribution in [0.2, 0.25) is 0 Å². The number of methoxy groups -OCH3 is 1. The van der Waals surface area contributed by atoms with Gasteiger partial charge in [-0.05, 0) is 17.4 Å². The molecule has 0 aromatic carbocycles. The molecule has 0 bridgehead atoms. The SMILES string of the molecule is COC(C(N)Cc1cnn(C)c1)C(C)(C)C. The van der Waals surface area contributed by atoms with Crippen molar-refractivity contribution >= 4 is 0 Å². The van der Waals surface area contributed by atoms with Gasteiger partial charge in [-0.1, -0.05) is 20.8 Å². The Morgan fingerprint density at radius 3 is 2.50 bits per heavy atom. The zero-order chi connectivity index (χ0) is 12.3. The molecule has 1 rings (SSSR count). The van der Waals surface area contributed by atoms with Crippen LogP contribution in [0.3, 0.4) is 0 Å². The van der Waals surface area contributed by atoms with Crippen LogP contribution in [0.1, 0.15) is 26.3 Å². The molecule has 1 heterocycles. The lowest BCUT2D eigenvalue weighted by Gasteiger charge is -2.33. The first-order chi connectivity index (χ1) is 7.34. The average molecular weight is 225 g/mol. The molecule has 4 nitrogen and oxygen atoms in total. The standard InChI is InChI=1S/C12H23N3O/c1-12(2,3)11(16-5)10(13)6-9-7-14-15(4)8-9/h7-8,10-11H,6,13H2,1-5H3. The van der Waals surface area contributed by atoms with Gasteiger partial charge in [0.05, 0.1) is 12.3 Å². The van der Waals surface area contributed by atoms with Gasteiger partial charge in [-0.2, -0.15) is 5.10 Å². The highest BCUT2D eigenvalue weighted by Crippen LogP contribution is 2.25. The van der Waals surface area contributed by atoms with Gasteiger partial charge in [0.2, 0.25) is 0 Å². The normalized spacial score (nSPS) is 16.1. The molecule has 0 aliphatic heterocycles. The summed E-state index contributed by atoms with van der Waals surface area (Å²) in [4.78, 5) is 0. The van der Waals surface area contributed by atoms with Crippen molar-refractivity contribution in [1.82, 2.24) is 9.78 Å². The maximum Gasteiger partial charge on any atom is 0.0773 e. The van der Waals surface area contributed by atoms with Crippen LogP contribution >= 0.6 is 0 Å². The first-order valence-corrected chi connectivity index (χ1v) is 5.60. The van der Waals surface area contributed by atoms with Crippen LogP contribution in [0.5, 0.6) is 0 Å². The number of hydrogen-bond acceptors (Lipinski definition) is 3. The van der Waals surface area contributed by atoms with Gasteiger partial charge < -0.3 is 10.5 Å². The lowest BCUT2D eigenvalue weighted by atomic mass is 9.83. The molecule has 0 spiro atoms. The van der Waals surface area contributed by atoms with Crippen LogP contribution in [0, 0.1) is 5.41 Å². The fourth-order valence-electron chi connectivity index (χ4n) is 2.13. The molecule has 2 N–H and O–H groups in total. The van der Waals surface area contributed by atoms with Crippen molar-refractivity contribution in [3.05, 3.63) is 18.0 Å². The molecule has 0 radical (unpaired) electrons. The first-order valence-electron chi connectivity index (χ1n) is 5.60. The monoisotopic (exact) mass is 225 g/mol. The lowest BCUT2D eigenvalue weighted by molar-refractivity contribution is -0.00165. The third-order valence-electron chi connectivity index (χ3n) is 2.73. The summed E-state index contributed by atoms with van der Waals surface area (Å²) in [5.41, 5.74) is 7.40. The van der Waals surface area contributed by atoms with E-state index < -0.39 is 0 Å². The summed E-state index contributed by atoms with van der Waals surface area (Å²) in [7, 11) is 3.63. The summed E-state index contributed by atoms with van der Waals surface area (Å²) < 4.78 is 7.30. The largest absolute Gasteiger partial charge is 0.379 e. The maximum atomic E-state index is 6.19. The summed E-state index contributed by atoms with van der Waals surface area (Å²) in [5.74, 6) is 0. The summed E-state index contributed by atoms with van der Waals surface area (Å²) >= 11 is 0. The number of rotatable bonds is 4.